The largest absolute Gasteiger partial charge is 0.454 e. The zero-order chi connectivity index (χ0) is 32.3. The van der Waals surface area contributed by atoms with Crippen LogP contribution in [0.15, 0.2) is 162 Å². The molecule has 0 saturated heterocycles. The highest BCUT2D eigenvalue weighted by atomic mass is 16.3. The summed E-state index contributed by atoms with van der Waals surface area (Å²) >= 11 is 0. The van der Waals surface area contributed by atoms with Crippen LogP contribution in [-0.2, 0) is 0 Å². The molecule has 49 heavy (non-hydrogen) atoms. The van der Waals surface area contributed by atoms with Crippen molar-refractivity contribution >= 4 is 54.4 Å². The van der Waals surface area contributed by atoms with E-state index in [1.54, 1.807) is 0 Å². The number of rotatable bonds is 4. The summed E-state index contributed by atoms with van der Waals surface area (Å²) in [5, 5.41) is 7.85. The molecular formula is C44H26N4O. The Kier molecular flexibility index (Phi) is 6.11. The van der Waals surface area contributed by atoms with Crippen LogP contribution in [0.25, 0.3) is 99.8 Å². The molecule has 0 aliphatic carbocycles. The molecule has 0 spiro atoms. The van der Waals surface area contributed by atoms with Gasteiger partial charge in [-0.15, -0.1) is 0 Å². The lowest BCUT2D eigenvalue weighted by atomic mass is 10.00. The quantitative estimate of drug-likeness (QED) is 0.182. The third-order valence-corrected chi connectivity index (χ3v) is 9.28. The van der Waals surface area contributed by atoms with Crippen molar-refractivity contribution in [3.8, 4) is 45.4 Å². The zero-order valence-corrected chi connectivity index (χ0v) is 26.2. The van der Waals surface area contributed by atoms with E-state index < -0.39 is 0 Å². The fourth-order valence-corrected chi connectivity index (χ4v) is 6.92. The van der Waals surface area contributed by atoms with Gasteiger partial charge in [0.15, 0.2) is 23.1 Å². The molecule has 0 aliphatic rings. The minimum absolute atomic E-state index is 0.598. The molecule has 10 aromatic rings. The Hall–Kier alpha value is -6.72. The van der Waals surface area contributed by atoms with Crippen molar-refractivity contribution in [1.29, 1.82) is 0 Å². The number of hydrogen-bond acceptors (Lipinski definition) is 5. The topological polar surface area (TPSA) is 64.7 Å². The maximum Gasteiger partial charge on any atom is 0.164 e. The van der Waals surface area contributed by atoms with E-state index >= 15 is 0 Å². The molecule has 3 aromatic heterocycles. The van der Waals surface area contributed by atoms with E-state index in [0.29, 0.717) is 17.5 Å². The van der Waals surface area contributed by atoms with Crippen LogP contribution in [0.5, 0.6) is 0 Å². The average molecular weight is 627 g/mol. The number of nitrogens with zero attached hydrogens (tertiary/aromatic N) is 4. The van der Waals surface area contributed by atoms with Crippen molar-refractivity contribution in [3.05, 3.63) is 158 Å². The Labute approximate surface area is 281 Å². The summed E-state index contributed by atoms with van der Waals surface area (Å²) in [6, 6.07) is 54.0. The van der Waals surface area contributed by atoms with E-state index in [1.165, 1.54) is 16.2 Å². The number of hydrogen-bond donors (Lipinski definition) is 0. The van der Waals surface area contributed by atoms with Crippen LogP contribution in [0.3, 0.4) is 0 Å². The van der Waals surface area contributed by atoms with Crippen molar-refractivity contribution in [1.82, 2.24) is 19.9 Å². The van der Waals surface area contributed by atoms with Gasteiger partial charge in [0.25, 0.3) is 0 Å². The predicted octanol–water partition coefficient (Wildman–Crippen LogP) is 11.3. The minimum atomic E-state index is 0.598. The van der Waals surface area contributed by atoms with E-state index in [-0.39, 0.29) is 0 Å². The minimum Gasteiger partial charge on any atom is -0.454 e. The molecular weight excluding hydrogens is 601 g/mol. The second-order valence-electron chi connectivity index (χ2n) is 12.3. The van der Waals surface area contributed by atoms with Crippen LogP contribution in [0.4, 0.5) is 0 Å². The fraction of sp³-hybridized carbons (Fsp3) is 0. The molecule has 0 aliphatic heterocycles. The first kappa shape index (κ1) is 27.4. The highest BCUT2D eigenvalue weighted by molar-refractivity contribution is 6.21. The van der Waals surface area contributed by atoms with Gasteiger partial charge in [-0.3, -0.25) is 0 Å². The Bertz CT molecular complexity index is 2880. The molecule has 0 amide bonds. The summed E-state index contributed by atoms with van der Waals surface area (Å²) in [4.78, 5) is 20.2. The van der Waals surface area contributed by atoms with Gasteiger partial charge in [-0.25, -0.2) is 19.9 Å². The van der Waals surface area contributed by atoms with Gasteiger partial charge in [0.05, 0.1) is 5.52 Å². The van der Waals surface area contributed by atoms with Gasteiger partial charge < -0.3 is 4.42 Å². The van der Waals surface area contributed by atoms with Gasteiger partial charge in [-0.05, 0) is 51.9 Å². The van der Waals surface area contributed by atoms with Crippen LogP contribution in [-0.4, -0.2) is 19.9 Å². The normalized spacial score (nSPS) is 11.7. The summed E-state index contributed by atoms with van der Waals surface area (Å²) in [5.41, 5.74) is 7.04. The lowest BCUT2D eigenvalue weighted by Gasteiger charge is -2.10. The first-order chi connectivity index (χ1) is 24.3. The number of para-hydroxylation sites is 1. The molecule has 0 N–H and O–H groups in total. The molecule has 0 unspecified atom stereocenters. The lowest BCUT2D eigenvalue weighted by molar-refractivity contribution is 0.669. The second kappa shape index (κ2) is 10.9. The molecule has 228 valence electrons. The standard InChI is InChI=1S/C44H26N4O/c1-3-12-28(13-4-1)40-41-39(35-17-9-10-18-37(35)45-40)36-26-32(22-24-38(36)49-41)44-47-42(29-14-5-2-6-15-29)46-43(48-44)31-21-23-34-30(25-31)20-19-27-11-7-8-16-33(27)34/h1-26H. The van der Waals surface area contributed by atoms with Crippen molar-refractivity contribution in [3.63, 3.8) is 0 Å². The number of fused-ring (bicyclic) bond motifs is 8. The maximum atomic E-state index is 6.58. The van der Waals surface area contributed by atoms with Crippen LogP contribution in [0.2, 0.25) is 0 Å². The van der Waals surface area contributed by atoms with E-state index in [2.05, 4.69) is 84.9 Å². The molecule has 5 nitrogen and oxygen atoms in total. The fourth-order valence-electron chi connectivity index (χ4n) is 6.92. The number of pyridine rings is 1. The van der Waals surface area contributed by atoms with E-state index in [0.717, 1.165) is 66.2 Å². The second-order valence-corrected chi connectivity index (χ2v) is 12.3. The first-order valence-electron chi connectivity index (χ1n) is 16.3. The van der Waals surface area contributed by atoms with Crippen molar-refractivity contribution < 1.29 is 4.42 Å². The van der Waals surface area contributed by atoms with E-state index in [1.807, 2.05) is 72.8 Å². The molecule has 0 bridgehead atoms. The third kappa shape index (κ3) is 4.55. The smallest absolute Gasteiger partial charge is 0.164 e. The number of aromatic nitrogens is 4. The molecule has 0 fully saturated rings. The van der Waals surface area contributed by atoms with Crippen LogP contribution in [0.1, 0.15) is 0 Å². The Morgan fingerprint density at radius 1 is 0.367 bits per heavy atom. The zero-order valence-electron chi connectivity index (χ0n) is 26.2. The summed E-state index contributed by atoms with van der Waals surface area (Å²) in [7, 11) is 0. The predicted molar refractivity (Wildman–Crippen MR) is 199 cm³/mol. The van der Waals surface area contributed by atoms with E-state index in [9.17, 15) is 0 Å². The summed E-state index contributed by atoms with van der Waals surface area (Å²) in [6.45, 7) is 0. The molecule has 10 rings (SSSR count). The third-order valence-electron chi connectivity index (χ3n) is 9.28. The number of benzene rings is 7. The van der Waals surface area contributed by atoms with Gasteiger partial charge in [0.1, 0.15) is 11.3 Å². The van der Waals surface area contributed by atoms with Crippen molar-refractivity contribution in [2.75, 3.05) is 0 Å². The van der Waals surface area contributed by atoms with Crippen LogP contribution >= 0.6 is 0 Å². The molecule has 5 heteroatoms. The number of furan rings is 1. The van der Waals surface area contributed by atoms with Gasteiger partial charge >= 0.3 is 0 Å². The SMILES string of the molecule is c1ccc(-c2nc(-c3ccc4c(ccc5ccccc54)c3)nc(-c3ccc4oc5c(-c6ccccc6)nc6ccccc6c5c4c3)n2)cc1. The van der Waals surface area contributed by atoms with Crippen LogP contribution in [0, 0.1) is 0 Å². The Morgan fingerprint density at radius 2 is 0.959 bits per heavy atom. The monoisotopic (exact) mass is 626 g/mol. The molecule has 0 atom stereocenters. The summed E-state index contributed by atoms with van der Waals surface area (Å²) < 4.78 is 6.58. The van der Waals surface area contributed by atoms with E-state index in [4.69, 9.17) is 24.4 Å². The van der Waals surface area contributed by atoms with Crippen LogP contribution < -0.4 is 0 Å². The molecule has 3 heterocycles. The molecule has 0 saturated carbocycles. The Morgan fingerprint density at radius 3 is 1.76 bits per heavy atom. The Balaban J connectivity index is 1.19. The lowest BCUT2D eigenvalue weighted by Crippen LogP contribution is -2.00. The highest BCUT2D eigenvalue weighted by Gasteiger charge is 2.19. The summed E-state index contributed by atoms with van der Waals surface area (Å²) in [5.74, 6) is 1.84. The maximum absolute atomic E-state index is 6.58. The van der Waals surface area contributed by atoms with Gasteiger partial charge in [0, 0.05) is 38.4 Å². The summed E-state index contributed by atoms with van der Waals surface area (Å²) in [6.07, 6.45) is 0. The van der Waals surface area contributed by atoms with Gasteiger partial charge in [0.2, 0.25) is 0 Å². The van der Waals surface area contributed by atoms with Gasteiger partial charge in [-0.2, -0.15) is 0 Å². The average Bonchev–Trinajstić information content (AvgIpc) is 3.57. The molecule has 0 radical (unpaired) electrons. The highest BCUT2D eigenvalue weighted by Crippen LogP contribution is 2.40. The molecule has 7 aromatic carbocycles. The van der Waals surface area contributed by atoms with Crippen molar-refractivity contribution in [2.45, 2.75) is 0 Å². The van der Waals surface area contributed by atoms with Crippen molar-refractivity contribution in [2.24, 2.45) is 0 Å². The first-order valence-corrected chi connectivity index (χ1v) is 16.3. The van der Waals surface area contributed by atoms with Gasteiger partial charge in [-0.1, -0.05) is 127 Å².